The maximum absolute atomic E-state index is 10.5. The minimum absolute atomic E-state index is 0.739. The molecule has 66 valence electrons. The molecular weight excluding hydrogens is 154 g/mol. The summed E-state index contributed by atoms with van der Waals surface area (Å²) in [5.74, 6) is -3.71. The second-order valence-electron chi connectivity index (χ2n) is 2.17. The van der Waals surface area contributed by atoms with Crippen molar-refractivity contribution in [3.8, 4) is 0 Å². The third-order valence-electron chi connectivity index (χ3n) is 0.879. The summed E-state index contributed by atoms with van der Waals surface area (Å²) in [5.41, 5.74) is 0. The van der Waals surface area contributed by atoms with Crippen LogP contribution in [-0.4, -0.2) is 45.0 Å². The number of hydrogen-bond donors (Lipinski definition) is 5. The Morgan fingerprint density at radius 2 is 2.00 bits per heavy atom. The van der Waals surface area contributed by atoms with Crippen LogP contribution in [-0.2, 0) is 4.79 Å². The van der Waals surface area contributed by atoms with Crippen LogP contribution in [0, 0.1) is 0 Å². The summed E-state index contributed by atoms with van der Waals surface area (Å²) in [5, 5.41) is 35.2. The lowest BCUT2D eigenvalue weighted by molar-refractivity contribution is -0.305. The lowest BCUT2D eigenvalue weighted by Crippen LogP contribution is -2.45. The zero-order valence-corrected chi connectivity index (χ0v) is 5.98. The van der Waals surface area contributed by atoms with Gasteiger partial charge in [-0.1, -0.05) is 0 Å². The Balaban J connectivity index is 3.64. The summed E-state index contributed by atoms with van der Waals surface area (Å²) in [4.78, 5) is 10.5. The van der Waals surface area contributed by atoms with Gasteiger partial charge in [-0.25, -0.2) is 0 Å². The Hall–Kier alpha value is -0.690. The molecule has 0 aliphatic heterocycles. The fourth-order valence-electron chi connectivity index (χ4n) is 0.353. The molecular formula is C5H11NO5. The van der Waals surface area contributed by atoms with Gasteiger partial charge in [0.05, 0.1) is 6.54 Å². The van der Waals surface area contributed by atoms with Crippen molar-refractivity contribution in [1.82, 2.24) is 5.32 Å². The lowest BCUT2D eigenvalue weighted by atomic mass is 10.4. The zero-order chi connectivity index (χ0) is 9.07. The van der Waals surface area contributed by atoms with Crippen LogP contribution >= 0.6 is 0 Å². The molecule has 5 N–H and O–H groups in total. The highest BCUT2D eigenvalue weighted by molar-refractivity contribution is 5.79. The third-order valence-corrected chi connectivity index (χ3v) is 0.879. The van der Waals surface area contributed by atoms with E-state index in [2.05, 4.69) is 0 Å². The molecule has 0 aromatic rings. The van der Waals surface area contributed by atoms with Crippen LogP contribution in [0.3, 0.4) is 0 Å². The smallest absolute Gasteiger partial charge is 0.293 e. The molecule has 0 spiro atoms. The summed E-state index contributed by atoms with van der Waals surface area (Å²) < 4.78 is 0. The van der Waals surface area contributed by atoms with E-state index < -0.39 is 24.5 Å². The Morgan fingerprint density at radius 3 is 2.27 bits per heavy atom. The van der Waals surface area contributed by atoms with Gasteiger partial charge in [0, 0.05) is 0 Å². The average Bonchev–Trinajstić information content (AvgIpc) is 1.80. The van der Waals surface area contributed by atoms with Crippen molar-refractivity contribution < 1.29 is 25.2 Å². The Kier molecular flexibility index (Phi) is 3.40. The van der Waals surface area contributed by atoms with E-state index in [1.807, 2.05) is 5.32 Å². The first-order chi connectivity index (χ1) is 4.83. The zero-order valence-electron chi connectivity index (χ0n) is 5.98. The van der Waals surface area contributed by atoms with E-state index in [-0.39, 0.29) is 0 Å². The van der Waals surface area contributed by atoms with E-state index in [0.717, 1.165) is 0 Å². The number of nitrogens with one attached hydrogen (secondary N) is 1. The molecule has 0 aromatic carbocycles. The summed E-state index contributed by atoms with van der Waals surface area (Å²) in [6.07, 6.45) is -1.24. The van der Waals surface area contributed by atoms with Crippen LogP contribution in [0.1, 0.15) is 6.92 Å². The predicted octanol–water partition coefficient (Wildman–Crippen LogP) is -2.89. The van der Waals surface area contributed by atoms with Crippen LogP contribution in [0.25, 0.3) is 0 Å². The van der Waals surface area contributed by atoms with Crippen LogP contribution in [0.4, 0.5) is 0 Å². The molecule has 0 aliphatic carbocycles. The molecule has 6 nitrogen and oxygen atoms in total. The molecule has 1 atom stereocenters. The topological polar surface area (TPSA) is 110 Å². The van der Waals surface area contributed by atoms with E-state index in [4.69, 9.17) is 20.4 Å². The van der Waals surface area contributed by atoms with E-state index in [0.29, 0.717) is 0 Å². The molecule has 0 radical (unpaired) electrons. The number of rotatable bonds is 3. The summed E-state index contributed by atoms with van der Waals surface area (Å²) in [6.45, 7) is 0.472. The quantitative estimate of drug-likeness (QED) is 0.288. The van der Waals surface area contributed by atoms with Crippen molar-refractivity contribution in [2.24, 2.45) is 0 Å². The van der Waals surface area contributed by atoms with Crippen LogP contribution < -0.4 is 5.32 Å². The molecule has 0 bridgehead atoms. The number of carbonyl (C=O) groups excluding carboxylic acids is 1. The molecule has 11 heavy (non-hydrogen) atoms. The minimum Gasteiger partial charge on any atom is -0.384 e. The van der Waals surface area contributed by atoms with Gasteiger partial charge in [-0.05, 0) is 6.92 Å². The molecule has 0 fully saturated rings. The standard InChI is InChI=1S/C5H11NO5/c1-3(7)4(8)6-2-5(9,10)11/h3,7,9-11H,2H2,1H3,(H,6,8). The number of carbonyl (C=O) groups is 1. The van der Waals surface area contributed by atoms with Gasteiger partial charge in [0.15, 0.2) is 0 Å². The fraction of sp³-hybridized carbons (Fsp3) is 0.800. The summed E-state index contributed by atoms with van der Waals surface area (Å²) in [7, 11) is 0. The highest BCUT2D eigenvalue weighted by Gasteiger charge is 2.20. The number of amides is 1. The van der Waals surface area contributed by atoms with Gasteiger partial charge in [-0.3, -0.25) is 4.79 Å². The van der Waals surface area contributed by atoms with Gasteiger partial charge in [0.1, 0.15) is 6.10 Å². The monoisotopic (exact) mass is 165 g/mol. The van der Waals surface area contributed by atoms with Crippen LogP contribution in [0.2, 0.25) is 0 Å². The van der Waals surface area contributed by atoms with E-state index in [9.17, 15) is 4.79 Å². The van der Waals surface area contributed by atoms with E-state index >= 15 is 0 Å². The predicted molar refractivity (Wildman–Crippen MR) is 34.1 cm³/mol. The largest absolute Gasteiger partial charge is 0.384 e. The molecule has 6 heteroatoms. The molecule has 0 aromatic heterocycles. The van der Waals surface area contributed by atoms with Crippen molar-refractivity contribution in [3.63, 3.8) is 0 Å². The Labute approximate surface area is 63.1 Å². The van der Waals surface area contributed by atoms with E-state index in [1.54, 1.807) is 0 Å². The lowest BCUT2D eigenvalue weighted by Gasteiger charge is -2.15. The van der Waals surface area contributed by atoms with Crippen LogP contribution in [0.15, 0.2) is 0 Å². The van der Waals surface area contributed by atoms with Gasteiger partial charge in [-0.2, -0.15) is 0 Å². The number of aliphatic hydroxyl groups is 4. The summed E-state index contributed by atoms with van der Waals surface area (Å²) in [6, 6.07) is 0. The second kappa shape index (κ2) is 3.63. The minimum atomic E-state index is -2.93. The maximum Gasteiger partial charge on any atom is 0.293 e. The van der Waals surface area contributed by atoms with Gasteiger partial charge in [-0.15, -0.1) is 0 Å². The fourth-order valence-corrected chi connectivity index (χ4v) is 0.353. The number of hydrogen-bond acceptors (Lipinski definition) is 5. The average molecular weight is 165 g/mol. The summed E-state index contributed by atoms with van der Waals surface area (Å²) >= 11 is 0. The molecule has 0 aliphatic rings. The first-order valence-electron chi connectivity index (χ1n) is 2.96. The van der Waals surface area contributed by atoms with Crippen molar-refractivity contribution >= 4 is 5.91 Å². The molecule has 0 heterocycles. The Morgan fingerprint density at radius 1 is 1.55 bits per heavy atom. The van der Waals surface area contributed by atoms with Crippen molar-refractivity contribution in [1.29, 1.82) is 0 Å². The van der Waals surface area contributed by atoms with E-state index in [1.165, 1.54) is 6.92 Å². The highest BCUT2D eigenvalue weighted by Crippen LogP contribution is 1.88. The van der Waals surface area contributed by atoms with Crippen molar-refractivity contribution in [3.05, 3.63) is 0 Å². The SMILES string of the molecule is CC(O)C(=O)NCC(O)(O)O. The van der Waals surface area contributed by atoms with Gasteiger partial charge < -0.3 is 25.7 Å². The number of aliphatic hydroxyl groups excluding tert-OH is 1. The highest BCUT2D eigenvalue weighted by atomic mass is 16.7. The van der Waals surface area contributed by atoms with Crippen molar-refractivity contribution in [2.75, 3.05) is 6.54 Å². The molecule has 0 rings (SSSR count). The third kappa shape index (κ3) is 5.74. The molecule has 0 saturated carbocycles. The molecule has 1 unspecified atom stereocenters. The van der Waals surface area contributed by atoms with Crippen molar-refractivity contribution in [2.45, 2.75) is 19.0 Å². The second-order valence-corrected chi connectivity index (χ2v) is 2.17. The van der Waals surface area contributed by atoms with Gasteiger partial charge in [0.25, 0.3) is 5.97 Å². The normalized spacial score (nSPS) is 14.3. The molecule has 1 amide bonds. The first-order valence-corrected chi connectivity index (χ1v) is 2.96. The van der Waals surface area contributed by atoms with Gasteiger partial charge in [0.2, 0.25) is 5.91 Å². The first kappa shape index (κ1) is 10.3. The van der Waals surface area contributed by atoms with Gasteiger partial charge >= 0.3 is 0 Å². The van der Waals surface area contributed by atoms with Crippen LogP contribution in [0.5, 0.6) is 0 Å². The Bertz CT molecular complexity index is 138. The maximum atomic E-state index is 10.5. The molecule has 0 saturated heterocycles.